The summed E-state index contributed by atoms with van der Waals surface area (Å²) in [7, 11) is 1.41. The summed E-state index contributed by atoms with van der Waals surface area (Å²) in [5, 5.41) is 12.1. The Morgan fingerprint density at radius 1 is 1.35 bits per heavy atom. The molecule has 5 nitrogen and oxygen atoms in total. The summed E-state index contributed by atoms with van der Waals surface area (Å²) in [5.41, 5.74) is 1.54. The van der Waals surface area contributed by atoms with E-state index in [1.54, 1.807) is 13.0 Å². The number of carboxylic acids is 1. The maximum absolute atomic E-state index is 13.1. The molecule has 1 heterocycles. The van der Waals surface area contributed by atoms with E-state index in [0.29, 0.717) is 17.1 Å². The number of anilines is 2. The smallest absolute Gasteiger partial charge is 0.339 e. The van der Waals surface area contributed by atoms with E-state index in [2.05, 4.69) is 10.3 Å². The Hall–Kier alpha value is -2.63. The van der Waals surface area contributed by atoms with Crippen LogP contribution >= 0.6 is 0 Å². The molecule has 2 rings (SSSR count). The molecule has 0 radical (unpaired) electrons. The van der Waals surface area contributed by atoms with E-state index in [1.807, 2.05) is 0 Å². The molecule has 1 aromatic heterocycles. The molecular formula is C14H13FN2O3. The second-order valence-electron chi connectivity index (χ2n) is 4.15. The van der Waals surface area contributed by atoms with Crippen molar-refractivity contribution in [1.29, 1.82) is 0 Å². The van der Waals surface area contributed by atoms with E-state index in [9.17, 15) is 9.18 Å². The molecule has 0 bridgehead atoms. The summed E-state index contributed by atoms with van der Waals surface area (Å²) in [6.45, 7) is 1.75. The van der Waals surface area contributed by atoms with Crippen molar-refractivity contribution < 1.29 is 19.0 Å². The second kappa shape index (κ2) is 5.56. The van der Waals surface area contributed by atoms with Crippen molar-refractivity contribution in [2.45, 2.75) is 6.92 Å². The number of ether oxygens (including phenoxy) is 1. The molecule has 0 unspecified atom stereocenters. The second-order valence-corrected chi connectivity index (χ2v) is 4.15. The largest absolute Gasteiger partial charge is 0.494 e. The van der Waals surface area contributed by atoms with Gasteiger partial charge in [-0.1, -0.05) is 0 Å². The summed E-state index contributed by atoms with van der Waals surface area (Å²) in [4.78, 5) is 15.1. The van der Waals surface area contributed by atoms with E-state index in [4.69, 9.17) is 9.84 Å². The third kappa shape index (κ3) is 2.85. The lowest BCUT2D eigenvalue weighted by molar-refractivity contribution is 0.0697. The molecule has 0 saturated carbocycles. The lowest BCUT2D eigenvalue weighted by atomic mass is 10.2. The number of rotatable bonds is 4. The van der Waals surface area contributed by atoms with Crippen LogP contribution in [0, 0.1) is 12.7 Å². The van der Waals surface area contributed by atoms with Crippen molar-refractivity contribution >= 4 is 17.3 Å². The molecule has 0 atom stereocenters. The van der Waals surface area contributed by atoms with Gasteiger partial charge < -0.3 is 15.2 Å². The van der Waals surface area contributed by atoms with Crippen molar-refractivity contribution in [1.82, 2.24) is 4.98 Å². The van der Waals surface area contributed by atoms with Crippen LogP contribution in [0.4, 0.5) is 15.8 Å². The number of aromatic carboxylic acids is 1. The summed E-state index contributed by atoms with van der Waals surface area (Å²) in [6.07, 6.45) is 1.27. The van der Waals surface area contributed by atoms with Crippen molar-refractivity contribution in [3.05, 3.63) is 47.5 Å². The maximum Gasteiger partial charge on any atom is 0.339 e. The first-order valence-corrected chi connectivity index (χ1v) is 5.81. The van der Waals surface area contributed by atoms with Crippen molar-refractivity contribution in [3.63, 3.8) is 0 Å². The Balaban J connectivity index is 2.44. The van der Waals surface area contributed by atoms with Gasteiger partial charge in [0.2, 0.25) is 0 Å². The molecule has 0 aliphatic rings. The van der Waals surface area contributed by atoms with E-state index >= 15 is 0 Å². The number of aryl methyl sites for hydroxylation is 1. The summed E-state index contributed by atoms with van der Waals surface area (Å²) < 4.78 is 18.2. The molecule has 1 aromatic carbocycles. The number of halogens is 1. The molecule has 0 aliphatic heterocycles. The minimum atomic E-state index is -1.10. The Morgan fingerprint density at radius 3 is 2.75 bits per heavy atom. The minimum Gasteiger partial charge on any atom is -0.494 e. The number of carbonyl (C=O) groups is 1. The van der Waals surface area contributed by atoms with E-state index in [0.717, 1.165) is 0 Å². The van der Waals surface area contributed by atoms with Crippen molar-refractivity contribution in [3.8, 4) is 5.75 Å². The molecule has 0 fully saturated rings. The van der Waals surface area contributed by atoms with Crippen LogP contribution in [0.3, 0.4) is 0 Å². The highest BCUT2D eigenvalue weighted by Crippen LogP contribution is 2.29. The molecule has 0 aliphatic carbocycles. The molecule has 0 amide bonds. The van der Waals surface area contributed by atoms with Crippen LogP contribution in [0.5, 0.6) is 5.75 Å². The average Bonchev–Trinajstić information content (AvgIpc) is 2.40. The Bertz CT molecular complexity index is 659. The number of nitrogens with one attached hydrogen (secondary N) is 1. The number of aromatic nitrogens is 1. The zero-order valence-corrected chi connectivity index (χ0v) is 11.0. The zero-order chi connectivity index (χ0) is 14.7. The van der Waals surface area contributed by atoms with Crippen LogP contribution in [-0.2, 0) is 0 Å². The first-order valence-electron chi connectivity index (χ1n) is 5.81. The molecular weight excluding hydrogens is 263 g/mol. The predicted molar refractivity (Wildman–Crippen MR) is 72.2 cm³/mol. The van der Waals surface area contributed by atoms with Gasteiger partial charge in [0, 0.05) is 18.0 Å². The van der Waals surface area contributed by atoms with Gasteiger partial charge in [0.15, 0.2) is 0 Å². The van der Waals surface area contributed by atoms with Gasteiger partial charge in [-0.15, -0.1) is 0 Å². The number of carboxylic acid groups (broad SMARTS) is 1. The van der Waals surface area contributed by atoms with Gasteiger partial charge in [-0.05, 0) is 25.1 Å². The number of methoxy groups -OCH3 is 1. The highest BCUT2D eigenvalue weighted by Gasteiger charge is 2.13. The lowest BCUT2D eigenvalue weighted by Crippen LogP contribution is -2.05. The standard InChI is InChI=1S/C14H13FN2O3/c1-8-5-12(10(7-16-8)14(18)19)17-11-4-3-9(15)6-13(11)20-2/h3-7H,1-2H3,(H,16,17)(H,18,19). The summed E-state index contributed by atoms with van der Waals surface area (Å²) in [6, 6.07) is 5.57. The fraction of sp³-hybridized carbons (Fsp3) is 0.143. The summed E-state index contributed by atoms with van der Waals surface area (Å²) in [5.74, 6) is -1.24. The SMILES string of the molecule is COc1cc(F)ccc1Nc1cc(C)ncc1C(=O)O. The van der Waals surface area contributed by atoms with Gasteiger partial charge in [-0.3, -0.25) is 4.98 Å². The predicted octanol–water partition coefficient (Wildman–Crippen LogP) is 2.98. The number of hydrogen-bond donors (Lipinski definition) is 2. The topological polar surface area (TPSA) is 71.5 Å². The van der Waals surface area contributed by atoms with E-state index in [1.165, 1.54) is 31.5 Å². The number of hydrogen-bond acceptors (Lipinski definition) is 4. The molecule has 6 heteroatoms. The lowest BCUT2D eigenvalue weighted by Gasteiger charge is -2.13. The number of nitrogens with zero attached hydrogens (tertiary/aromatic N) is 1. The van der Waals surface area contributed by atoms with Crippen LogP contribution in [0.25, 0.3) is 0 Å². The van der Waals surface area contributed by atoms with Crippen LogP contribution in [0.2, 0.25) is 0 Å². The third-order valence-corrected chi connectivity index (χ3v) is 2.70. The zero-order valence-electron chi connectivity index (χ0n) is 11.0. The van der Waals surface area contributed by atoms with Gasteiger partial charge >= 0.3 is 5.97 Å². The van der Waals surface area contributed by atoms with E-state index < -0.39 is 11.8 Å². The minimum absolute atomic E-state index is 0.0296. The molecule has 104 valence electrons. The van der Waals surface area contributed by atoms with Gasteiger partial charge in [0.05, 0.1) is 18.5 Å². The van der Waals surface area contributed by atoms with Gasteiger partial charge in [0.1, 0.15) is 17.1 Å². The maximum atomic E-state index is 13.1. The Labute approximate surface area is 115 Å². The molecule has 0 saturated heterocycles. The van der Waals surface area contributed by atoms with Crippen molar-refractivity contribution in [2.24, 2.45) is 0 Å². The van der Waals surface area contributed by atoms with Crippen LogP contribution in [0.15, 0.2) is 30.5 Å². The number of benzene rings is 1. The first kappa shape index (κ1) is 13.8. The highest BCUT2D eigenvalue weighted by atomic mass is 19.1. The van der Waals surface area contributed by atoms with Gasteiger partial charge in [-0.25, -0.2) is 9.18 Å². The number of pyridine rings is 1. The fourth-order valence-corrected chi connectivity index (χ4v) is 1.75. The highest BCUT2D eigenvalue weighted by molar-refractivity contribution is 5.95. The van der Waals surface area contributed by atoms with Crippen LogP contribution in [0.1, 0.15) is 16.1 Å². The third-order valence-electron chi connectivity index (χ3n) is 2.70. The normalized spacial score (nSPS) is 10.2. The van der Waals surface area contributed by atoms with E-state index in [-0.39, 0.29) is 11.3 Å². The molecule has 0 spiro atoms. The quantitative estimate of drug-likeness (QED) is 0.898. The molecule has 2 N–H and O–H groups in total. The fourth-order valence-electron chi connectivity index (χ4n) is 1.75. The summed E-state index contributed by atoms with van der Waals surface area (Å²) >= 11 is 0. The molecule has 2 aromatic rings. The van der Waals surface area contributed by atoms with Crippen molar-refractivity contribution in [2.75, 3.05) is 12.4 Å². The van der Waals surface area contributed by atoms with Crippen LogP contribution < -0.4 is 10.1 Å². The monoisotopic (exact) mass is 276 g/mol. The average molecular weight is 276 g/mol. The van der Waals surface area contributed by atoms with Gasteiger partial charge in [0.25, 0.3) is 0 Å². The Morgan fingerprint density at radius 2 is 2.10 bits per heavy atom. The Kier molecular flexibility index (Phi) is 3.84. The molecule has 20 heavy (non-hydrogen) atoms. The first-order chi connectivity index (χ1) is 9.51. The van der Waals surface area contributed by atoms with Gasteiger partial charge in [-0.2, -0.15) is 0 Å². The van der Waals surface area contributed by atoms with Crippen LogP contribution in [-0.4, -0.2) is 23.2 Å².